The predicted octanol–water partition coefficient (Wildman–Crippen LogP) is 1.35. The summed E-state index contributed by atoms with van der Waals surface area (Å²) in [6.07, 6.45) is 1.59. The Morgan fingerprint density at radius 3 is 2.88 bits per heavy atom. The highest BCUT2D eigenvalue weighted by atomic mass is 32.2. The summed E-state index contributed by atoms with van der Waals surface area (Å²) in [6, 6.07) is 11.2. The first-order valence-electron chi connectivity index (χ1n) is 11.1. The second kappa shape index (κ2) is 12.8. The minimum absolute atomic E-state index is 0.191. The molecule has 2 N–H and O–H groups in total. The van der Waals surface area contributed by atoms with Gasteiger partial charge in [0.1, 0.15) is 24.3 Å². The summed E-state index contributed by atoms with van der Waals surface area (Å²) in [6.45, 7) is 6.66. The van der Waals surface area contributed by atoms with Gasteiger partial charge in [0.15, 0.2) is 5.92 Å². The van der Waals surface area contributed by atoms with Gasteiger partial charge in [-0.15, -0.1) is 0 Å². The van der Waals surface area contributed by atoms with Crippen LogP contribution in [0.1, 0.15) is 6.92 Å². The van der Waals surface area contributed by atoms with Gasteiger partial charge in [-0.3, -0.25) is 14.5 Å². The number of thioether (sulfide) groups is 1. The molecule has 11 heteroatoms. The lowest BCUT2D eigenvalue weighted by Gasteiger charge is -2.26. The Bertz CT molecular complexity index is 982. The zero-order valence-corrected chi connectivity index (χ0v) is 19.8. The molecule has 0 bridgehead atoms. The topological polar surface area (TPSA) is 131 Å². The molecule has 1 aromatic rings. The number of morpholine rings is 1. The normalized spacial score (nSPS) is 20.4. The molecular weight excluding hydrogens is 456 g/mol. The van der Waals surface area contributed by atoms with Gasteiger partial charge in [0.2, 0.25) is 5.91 Å². The van der Waals surface area contributed by atoms with Crippen molar-refractivity contribution in [1.82, 2.24) is 15.1 Å². The van der Waals surface area contributed by atoms with E-state index in [-0.39, 0.29) is 12.5 Å². The molecule has 2 fully saturated rings. The molecule has 2 atom stereocenters. The van der Waals surface area contributed by atoms with Gasteiger partial charge in [-0.25, -0.2) is 0 Å². The first-order chi connectivity index (χ1) is 16.6. The Labute approximate surface area is 203 Å². The number of rotatable bonds is 10. The second-order valence-corrected chi connectivity index (χ2v) is 8.72. The van der Waals surface area contributed by atoms with Gasteiger partial charge >= 0.3 is 0 Å². The van der Waals surface area contributed by atoms with Crippen molar-refractivity contribution in [3.8, 4) is 17.9 Å². The van der Waals surface area contributed by atoms with Crippen molar-refractivity contribution in [2.24, 2.45) is 5.92 Å². The van der Waals surface area contributed by atoms with E-state index in [0.29, 0.717) is 23.8 Å². The van der Waals surface area contributed by atoms with E-state index in [1.54, 1.807) is 13.1 Å². The lowest BCUT2D eigenvalue weighted by molar-refractivity contribution is -0.128. The second-order valence-electron chi connectivity index (χ2n) is 7.57. The largest absolute Gasteiger partial charge is 0.492 e. The molecule has 180 valence electrons. The average Bonchev–Trinajstić information content (AvgIpc) is 3.17. The zero-order valence-electron chi connectivity index (χ0n) is 19.0. The maximum atomic E-state index is 12.8. The Hall–Kier alpha value is -3.25. The Morgan fingerprint density at radius 1 is 1.38 bits per heavy atom. The molecule has 2 aliphatic heterocycles. The van der Waals surface area contributed by atoms with Crippen LogP contribution in [0.25, 0.3) is 0 Å². The van der Waals surface area contributed by atoms with Crippen LogP contribution in [0.5, 0.6) is 5.75 Å². The molecule has 0 aromatic heterocycles. The van der Waals surface area contributed by atoms with Crippen LogP contribution in [0.3, 0.4) is 0 Å². The highest BCUT2D eigenvalue weighted by Crippen LogP contribution is 2.38. The van der Waals surface area contributed by atoms with E-state index in [1.807, 2.05) is 36.4 Å². The minimum atomic E-state index is -1.09. The molecule has 0 saturated carbocycles. The van der Waals surface area contributed by atoms with Crippen LogP contribution in [0, 0.1) is 28.6 Å². The van der Waals surface area contributed by atoms with E-state index in [0.717, 1.165) is 50.3 Å². The Balaban J connectivity index is 1.60. The number of likely N-dealkylation sites (N-methyl/N-ethyl adjacent to an activating group) is 1. The van der Waals surface area contributed by atoms with Crippen molar-refractivity contribution >= 4 is 29.3 Å². The van der Waals surface area contributed by atoms with Crippen molar-refractivity contribution in [2.45, 2.75) is 12.3 Å². The average molecular weight is 485 g/mol. The number of amides is 2. The molecule has 1 aromatic carbocycles. The SMILES string of the molecule is CCN1C(=O)/C(=C\Nc2cccc(OCCN3CCOCC3)c2)SC1C(C#N)C(=O)NCC#N. The van der Waals surface area contributed by atoms with E-state index >= 15 is 0 Å². The summed E-state index contributed by atoms with van der Waals surface area (Å²) in [5.74, 6) is -1.19. The highest BCUT2D eigenvalue weighted by Gasteiger charge is 2.43. The molecular formula is C23H28N6O4S. The summed E-state index contributed by atoms with van der Waals surface area (Å²) in [7, 11) is 0. The van der Waals surface area contributed by atoms with Crippen LogP contribution in [0.15, 0.2) is 35.4 Å². The summed E-state index contributed by atoms with van der Waals surface area (Å²) in [5.41, 5.74) is 0.750. The van der Waals surface area contributed by atoms with Gasteiger partial charge < -0.3 is 25.0 Å². The first kappa shape index (κ1) is 25.4. The fourth-order valence-corrected chi connectivity index (χ4v) is 4.90. The highest BCUT2D eigenvalue weighted by molar-refractivity contribution is 8.05. The van der Waals surface area contributed by atoms with Crippen LogP contribution in [-0.4, -0.2) is 79.5 Å². The van der Waals surface area contributed by atoms with Crippen LogP contribution >= 0.6 is 11.8 Å². The van der Waals surface area contributed by atoms with E-state index in [9.17, 15) is 14.9 Å². The lowest BCUT2D eigenvalue weighted by atomic mass is 10.1. The number of hydrogen-bond acceptors (Lipinski definition) is 9. The molecule has 0 aliphatic carbocycles. The number of nitrogens with one attached hydrogen (secondary N) is 2. The maximum Gasteiger partial charge on any atom is 0.262 e. The Kier molecular flexibility index (Phi) is 9.59. The van der Waals surface area contributed by atoms with Crippen molar-refractivity contribution < 1.29 is 19.1 Å². The Morgan fingerprint density at radius 2 is 2.18 bits per heavy atom. The third-order valence-electron chi connectivity index (χ3n) is 5.40. The third kappa shape index (κ3) is 6.64. The fraction of sp³-hybridized carbons (Fsp3) is 0.478. The molecule has 0 radical (unpaired) electrons. The molecule has 34 heavy (non-hydrogen) atoms. The number of benzene rings is 1. The minimum Gasteiger partial charge on any atom is -0.492 e. The predicted molar refractivity (Wildman–Crippen MR) is 127 cm³/mol. The van der Waals surface area contributed by atoms with Crippen molar-refractivity contribution in [3.05, 3.63) is 35.4 Å². The van der Waals surface area contributed by atoms with Crippen molar-refractivity contribution in [1.29, 1.82) is 10.5 Å². The van der Waals surface area contributed by atoms with Gasteiger partial charge in [-0.05, 0) is 19.1 Å². The number of carbonyl (C=O) groups is 2. The molecule has 10 nitrogen and oxygen atoms in total. The fourth-order valence-electron chi connectivity index (χ4n) is 3.60. The van der Waals surface area contributed by atoms with E-state index in [4.69, 9.17) is 14.7 Å². The van der Waals surface area contributed by atoms with Crippen LogP contribution in [0.4, 0.5) is 5.69 Å². The molecule has 2 amide bonds. The maximum absolute atomic E-state index is 12.8. The van der Waals surface area contributed by atoms with Gasteiger partial charge in [-0.2, -0.15) is 10.5 Å². The zero-order chi connectivity index (χ0) is 24.3. The van der Waals surface area contributed by atoms with E-state index < -0.39 is 17.2 Å². The number of anilines is 1. The van der Waals surface area contributed by atoms with Gasteiger partial charge in [0, 0.05) is 44.1 Å². The molecule has 2 heterocycles. The summed E-state index contributed by atoms with van der Waals surface area (Å²) in [5, 5.41) is 23.1. The molecule has 2 unspecified atom stereocenters. The summed E-state index contributed by atoms with van der Waals surface area (Å²) < 4.78 is 11.2. The van der Waals surface area contributed by atoms with Crippen LogP contribution in [-0.2, 0) is 14.3 Å². The van der Waals surface area contributed by atoms with Crippen molar-refractivity contribution in [2.75, 3.05) is 57.9 Å². The standard InChI is InChI=1S/C23H28N6O4S/c1-2-29-22(31)20(34-23(29)19(15-25)21(30)26-7-6-24)16-27-17-4-3-5-18(14-17)33-13-10-28-8-11-32-12-9-28/h3-5,14,16,19,23,27H,2,7-13H2,1H3,(H,26,30)/b20-16+. The van der Waals surface area contributed by atoms with E-state index in [1.165, 1.54) is 4.90 Å². The van der Waals surface area contributed by atoms with Gasteiger partial charge in [0.25, 0.3) is 5.91 Å². The number of hydrogen-bond donors (Lipinski definition) is 2. The summed E-state index contributed by atoms with van der Waals surface area (Å²) in [4.78, 5) is 29.3. The number of nitriles is 2. The molecule has 0 spiro atoms. The smallest absolute Gasteiger partial charge is 0.262 e. The first-order valence-corrected chi connectivity index (χ1v) is 12.0. The number of ether oxygens (including phenoxy) is 2. The number of carbonyl (C=O) groups excluding carboxylic acids is 2. The molecule has 3 rings (SSSR count). The van der Waals surface area contributed by atoms with Crippen LogP contribution < -0.4 is 15.4 Å². The van der Waals surface area contributed by atoms with Crippen molar-refractivity contribution in [3.63, 3.8) is 0 Å². The van der Waals surface area contributed by atoms with Crippen LogP contribution in [0.2, 0.25) is 0 Å². The van der Waals surface area contributed by atoms with E-state index in [2.05, 4.69) is 15.5 Å². The van der Waals surface area contributed by atoms with Gasteiger partial charge in [-0.1, -0.05) is 17.8 Å². The number of nitrogens with zero attached hydrogens (tertiary/aromatic N) is 4. The van der Waals surface area contributed by atoms with Gasteiger partial charge in [0.05, 0.1) is 30.3 Å². The summed E-state index contributed by atoms with van der Waals surface area (Å²) >= 11 is 1.16. The molecule has 2 aliphatic rings. The molecule has 2 saturated heterocycles. The quantitative estimate of drug-likeness (QED) is 0.373. The lowest BCUT2D eigenvalue weighted by Crippen LogP contribution is -2.43. The monoisotopic (exact) mass is 484 g/mol. The third-order valence-corrected chi connectivity index (χ3v) is 6.71.